The van der Waals surface area contributed by atoms with Crippen LogP contribution in [0.5, 0.6) is 0 Å². The van der Waals surface area contributed by atoms with E-state index in [0.29, 0.717) is 30.5 Å². The summed E-state index contributed by atoms with van der Waals surface area (Å²) in [5.74, 6) is 1.71. The van der Waals surface area contributed by atoms with Gasteiger partial charge in [-0.3, -0.25) is 4.79 Å². The number of nitrogens with one attached hydrogen (secondary N) is 2. The fourth-order valence-corrected chi connectivity index (χ4v) is 6.81. The van der Waals surface area contributed by atoms with Crippen molar-refractivity contribution in [3.05, 3.63) is 28.7 Å². The molecule has 3 aromatic rings. The van der Waals surface area contributed by atoms with Crippen molar-refractivity contribution >= 4 is 40.2 Å². The second kappa shape index (κ2) is 10.9. The molecule has 3 fully saturated rings. The van der Waals surface area contributed by atoms with Gasteiger partial charge in [-0.15, -0.1) is 11.3 Å². The van der Waals surface area contributed by atoms with Crippen LogP contribution in [0.4, 0.5) is 11.8 Å². The predicted octanol–water partition coefficient (Wildman–Crippen LogP) is 4.33. The number of hydrogen-bond acceptors (Lipinski definition) is 8. The lowest BCUT2D eigenvalue weighted by Gasteiger charge is -2.33. The second-order valence-electron chi connectivity index (χ2n) is 11.0. The van der Waals surface area contributed by atoms with E-state index in [0.717, 1.165) is 73.5 Å². The van der Waals surface area contributed by atoms with Crippen molar-refractivity contribution in [2.45, 2.75) is 94.8 Å². The number of aromatic nitrogens is 4. The number of carbonyl (C=O) groups is 1. The number of likely N-dealkylation sites (tertiary alicyclic amines) is 1. The van der Waals surface area contributed by atoms with Crippen LogP contribution < -0.4 is 16.4 Å². The molecular weight excluding hydrogens is 484 g/mol. The molecule has 10 heteroatoms. The average molecular weight is 523 g/mol. The molecule has 1 saturated heterocycles. The number of carbonyl (C=O) groups excluding carboxylic acids is 1. The number of anilines is 2. The zero-order valence-corrected chi connectivity index (χ0v) is 22.3. The van der Waals surface area contributed by atoms with Crippen LogP contribution in [0.2, 0.25) is 0 Å². The number of nitrogens with zero attached hydrogens (tertiary/aromatic N) is 5. The third-order valence-corrected chi connectivity index (χ3v) is 9.22. The average Bonchev–Trinajstić information content (AvgIpc) is 3.68. The molecule has 4 N–H and O–H groups in total. The van der Waals surface area contributed by atoms with Gasteiger partial charge in [-0.1, -0.05) is 18.9 Å². The standard InChI is InChI=1S/C27H38N8OS/c28-18-7-9-19(10-8-18)31-27-32-25(24-26(33-27)35(17-29-24)21-4-1-2-5-21)30-20-11-13-34(14-12-20)23(36)16-22-6-3-15-37-22/h3,6,15,17-21H,1-2,4-5,7-14,16,28H2,(H2,30,31,32,33)/t18-,19-. The van der Waals surface area contributed by atoms with Gasteiger partial charge in [0.05, 0.1) is 12.7 Å². The van der Waals surface area contributed by atoms with Crippen molar-refractivity contribution in [3.8, 4) is 0 Å². The molecule has 2 aliphatic carbocycles. The van der Waals surface area contributed by atoms with E-state index in [1.807, 2.05) is 28.7 Å². The molecule has 1 amide bonds. The summed E-state index contributed by atoms with van der Waals surface area (Å²) in [6.07, 6.45) is 13.3. The SMILES string of the molecule is N[C@H]1CC[C@H](Nc2nc(NC3CCN(C(=O)Cc4cccs4)CC3)c3ncn(C4CCCC4)c3n2)CC1. The van der Waals surface area contributed by atoms with Gasteiger partial charge in [-0.2, -0.15) is 9.97 Å². The van der Waals surface area contributed by atoms with Gasteiger partial charge in [0.25, 0.3) is 0 Å². The monoisotopic (exact) mass is 522 g/mol. The van der Waals surface area contributed by atoms with Crippen molar-refractivity contribution in [1.29, 1.82) is 0 Å². The highest BCUT2D eigenvalue weighted by molar-refractivity contribution is 7.10. The largest absolute Gasteiger partial charge is 0.365 e. The minimum atomic E-state index is 0.222. The fourth-order valence-electron chi connectivity index (χ4n) is 6.12. The maximum Gasteiger partial charge on any atom is 0.227 e. The molecule has 3 aliphatic rings. The van der Waals surface area contributed by atoms with Crippen LogP contribution in [-0.2, 0) is 11.2 Å². The van der Waals surface area contributed by atoms with Crippen molar-refractivity contribution in [1.82, 2.24) is 24.4 Å². The smallest absolute Gasteiger partial charge is 0.227 e. The Bertz CT molecular complexity index is 1190. The normalized spacial score (nSPS) is 23.5. The third-order valence-electron chi connectivity index (χ3n) is 8.34. The highest BCUT2D eigenvalue weighted by Gasteiger charge is 2.27. The first-order valence-corrected chi connectivity index (χ1v) is 14.8. The first kappa shape index (κ1) is 24.6. The number of amides is 1. The molecule has 4 heterocycles. The summed E-state index contributed by atoms with van der Waals surface area (Å²) < 4.78 is 2.27. The number of hydrogen-bond donors (Lipinski definition) is 3. The molecule has 1 aliphatic heterocycles. The van der Waals surface area contributed by atoms with Crippen LogP contribution in [0.15, 0.2) is 23.8 Å². The Hall–Kier alpha value is -2.72. The minimum Gasteiger partial charge on any atom is -0.365 e. The number of nitrogens with two attached hydrogens (primary N) is 1. The number of imidazole rings is 1. The van der Waals surface area contributed by atoms with E-state index in [1.54, 1.807) is 11.3 Å². The lowest BCUT2D eigenvalue weighted by Crippen LogP contribution is -2.43. The van der Waals surface area contributed by atoms with Gasteiger partial charge >= 0.3 is 0 Å². The van der Waals surface area contributed by atoms with Crippen molar-refractivity contribution in [2.75, 3.05) is 23.7 Å². The Labute approximate surface area is 222 Å². The zero-order chi connectivity index (χ0) is 25.2. The van der Waals surface area contributed by atoms with Crippen LogP contribution in [0, 0.1) is 0 Å². The summed E-state index contributed by atoms with van der Waals surface area (Å²) in [5, 5.41) is 9.33. The van der Waals surface area contributed by atoms with Crippen LogP contribution >= 0.6 is 11.3 Å². The molecule has 198 valence electrons. The van der Waals surface area contributed by atoms with E-state index in [1.165, 1.54) is 25.7 Å². The summed E-state index contributed by atoms with van der Waals surface area (Å²) in [5.41, 5.74) is 7.89. The highest BCUT2D eigenvalue weighted by Crippen LogP contribution is 2.34. The van der Waals surface area contributed by atoms with Crippen molar-refractivity contribution < 1.29 is 4.79 Å². The number of fused-ring (bicyclic) bond motifs is 1. The van der Waals surface area contributed by atoms with E-state index in [-0.39, 0.29) is 11.9 Å². The van der Waals surface area contributed by atoms with Crippen LogP contribution in [0.1, 0.15) is 75.1 Å². The van der Waals surface area contributed by atoms with E-state index in [9.17, 15) is 4.79 Å². The maximum absolute atomic E-state index is 12.8. The first-order chi connectivity index (χ1) is 18.1. The molecule has 0 bridgehead atoms. The molecule has 0 aromatic carbocycles. The summed E-state index contributed by atoms with van der Waals surface area (Å²) >= 11 is 1.65. The van der Waals surface area contributed by atoms with E-state index in [4.69, 9.17) is 20.7 Å². The molecule has 6 rings (SSSR count). The summed E-state index contributed by atoms with van der Waals surface area (Å²) in [4.78, 5) is 30.6. The topological polar surface area (TPSA) is 114 Å². The molecule has 0 spiro atoms. The number of thiophene rings is 1. The van der Waals surface area contributed by atoms with Crippen molar-refractivity contribution in [3.63, 3.8) is 0 Å². The molecular formula is C27H38N8OS. The zero-order valence-electron chi connectivity index (χ0n) is 21.4. The lowest BCUT2D eigenvalue weighted by molar-refractivity contribution is -0.131. The maximum atomic E-state index is 12.8. The predicted molar refractivity (Wildman–Crippen MR) is 148 cm³/mol. The lowest BCUT2D eigenvalue weighted by atomic mass is 9.92. The summed E-state index contributed by atoms with van der Waals surface area (Å²) in [6, 6.07) is 5.42. The van der Waals surface area contributed by atoms with Gasteiger partial charge < -0.3 is 25.8 Å². The molecule has 3 aromatic heterocycles. The van der Waals surface area contributed by atoms with Gasteiger partial charge in [0.1, 0.15) is 0 Å². The van der Waals surface area contributed by atoms with Crippen LogP contribution in [0.25, 0.3) is 11.2 Å². The Morgan fingerprint density at radius 3 is 2.49 bits per heavy atom. The number of rotatable bonds is 7. The first-order valence-electron chi connectivity index (χ1n) is 14.0. The Kier molecular flexibility index (Phi) is 7.28. The Balaban J connectivity index is 1.18. The van der Waals surface area contributed by atoms with Gasteiger partial charge in [0.15, 0.2) is 17.0 Å². The molecule has 0 radical (unpaired) electrons. The van der Waals surface area contributed by atoms with Crippen molar-refractivity contribution in [2.24, 2.45) is 5.73 Å². The minimum absolute atomic E-state index is 0.222. The summed E-state index contributed by atoms with van der Waals surface area (Å²) in [6.45, 7) is 1.53. The van der Waals surface area contributed by atoms with Gasteiger partial charge in [0.2, 0.25) is 11.9 Å². The Morgan fingerprint density at radius 1 is 1.00 bits per heavy atom. The van der Waals surface area contributed by atoms with E-state index < -0.39 is 0 Å². The number of piperidine rings is 1. The molecule has 0 unspecified atom stereocenters. The molecule has 9 nitrogen and oxygen atoms in total. The molecule has 37 heavy (non-hydrogen) atoms. The molecule has 2 saturated carbocycles. The summed E-state index contributed by atoms with van der Waals surface area (Å²) in [7, 11) is 0. The highest BCUT2D eigenvalue weighted by atomic mass is 32.1. The fraction of sp³-hybridized carbons (Fsp3) is 0.630. The quantitative estimate of drug-likeness (QED) is 0.423. The van der Waals surface area contributed by atoms with Crippen LogP contribution in [-0.4, -0.2) is 61.5 Å². The Morgan fingerprint density at radius 2 is 1.76 bits per heavy atom. The van der Waals surface area contributed by atoms with Gasteiger partial charge in [-0.05, 0) is 62.8 Å². The molecule has 0 atom stereocenters. The van der Waals surface area contributed by atoms with E-state index in [2.05, 4.69) is 15.2 Å². The van der Waals surface area contributed by atoms with E-state index >= 15 is 0 Å². The van der Waals surface area contributed by atoms with Gasteiger partial charge in [-0.25, -0.2) is 4.98 Å². The second-order valence-corrected chi connectivity index (χ2v) is 12.0. The third kappa shape index (κ3) is 5.60. The van der Waals surface area contributed by atoms with Gasteiger partial charge in [0, 0.05) is 42.1 Å². The van der Waals surface area contributed by atoms with Crippen LogP contribution in [0.3, 0.4) is 0 Å².